The zero-order valence-electron chi connectivity index (χ0n) is 12.2. The Morgan fingerprint density at radius 2 is 1.95 bits per heavy atom. The van der Waals surface area contributed by atoms with Crippen molar-refractivity contribution in [2.24, 2.45) is 0 Å². The highest BCUT2D eigenvalue weighted by atomic mass is 35.5. The number of nitrogens with zero attached hydrogens (tertiary/aromatic N) is 1. The molecule has 0 aliphatic carbocycles. The molecule has 0 bridgehead atoms. The number of H-pyrrole nitrogens is 1. The van der Waals surface area contributed by atoms with E-state index in [-0.39, 0.29) is 30.9 Å². The van der Waals surface area contributed by atoms with E-state index >= 15 is 0 Å². The van der Waals surface area contributed by atoms with E-state index in [2.05, 4.69) is 16.4 Å². The Bertz CT molecular complexity index is 561. The minimum Gasteiger partial charge on any atom is -0.490 e. The van der Waals surface area contributed by atoms with Gasteiger partial charge in [-0.2, -0.15) is 0 Å². The summed E-state index contributed by atoms with van der Waals surface area (Å²) in [5.41, 5.74) is 3.40. The fourth-order valence-electron chi connectivity index (χ4n) is 2.37. The van der Waals surface area contributed by atoms with Crippen LogP contribution in [0.4, 0.5) is 0 Å². The van der Waals surface area contributed by atoms with Gasteiger partial charge in [-0.05, 0) is 26.0 Å². The predicted octanol–water partition coefficient (Wildman–Crippen LogP) is 3.35. The summed E-state index contributed by atoms with van der Waals surface area (Å²) in [6.07, 6.45) is 1.14. The molecule has 21 heavy (non-hydrogen) atoms. The highest BCUT2D eigenvalue weighted by molar-refractivity contribution is 5.85. The Morgan fingerprint density at radius 3 is 2.67 bits per heavy atom. The van der Waals surface area contributed by atoms with E-state index in [9.17, 15) is 0 Å². The summed E-state index contributed by atoms with van der Waals surface area (Å²) in [6, 6.07) is 8.05. The average molecular weight is 330 g/mol. The smallest absolute Gasteiger partial charge is 0.141 e. The maximum atomic E-state index is 5.86. The minimum absolute atomic E-state index is 0. The summed E-state index contributed by atoms with van der Waals surface area (Å²) in [7, 11) is 0. The van der Waals surface area contributed by atoms with Crippen molar-refractivity contribution in [3.05, 3.63) is 35.7 Å². The second-order valence-electron chi connectivity index (χ2n) is 5.10. The second-order valence-corrected chi connectivity index (χ2v) is 5.10. The lowest BCUT2D eigenvalue weighted by Gasteiger charge is -2.12. The summed E-state index contributed by atoms with van der Waals surface area (Å²) >= 11 is 0. The van der Waals surface area contributed by atoms with Crippen LogP contribution in [0.5, 0.6) is 5.75 Å². The van der Waals surface area contributed by atoms with Crippen molar-refractivity contribution in [3.63, 3.8) is 0 Å². The van der Waals surface area contributed by atoms with E-state index in [1.165, 1.54) is 11.4 Å². The Hall–Kier alpha value is -1.23. The van der Waals surface area contributed by atoms with Gasteiger partial charge in [-0.25, -0.2) is 4.98 Å². The summed E-state index contributed by atoms with van der Waals surface area (Å²) in [4.78, 5) is 8.12. The first kappa shape index (κ1) is 17.8. The van der Waals surface area contributed by atoms with E-state index in [1.54, 1.807) is 0 Å². The van der Waals surface area contributed by atoms with Gasteiger partial charge in [0.25, 0.3) is 0 Å². The zero-order valence-corrected chi connectivity index (χ0v) is 13.8. The van der Waals surface area contributed by atoms with E-state index in [1.807, 2.05) is 32.0 Å². The molecule has 0 saturated carbocycles. The number of fused-ring (bicyclic) bond motifs is 1. The Labute approximate surface area is 137 Å². The first-order valence-corrected chi connectivity index (χ1v) is 6.78. The van der Waals surface area contributed by atoms with Crippen molar-refractivity contribution >= 4 is 24.8 Å². The summed E-state index contributed by atoms with van der Waals surface area (Å²) in [5, 5.41) is 3.35. The number of hydrogen-bond donors (Lipinski definition) is 2. The topological polar surface area (TPSA) is 49.9 Å². The lowest BCUT2D eigenvalue weighted by Crippen LogP contribution is -2.23. The monoisotopic (exact) mass is 329 g/mol. The first-order chi connectivity index (χ1) is 9.24. The van der Waals surface area contributed by atoms with Gasteiger partial charge in [-0.3, -0.25) is 0 Å². The van der Waals surface area contributed by atoms with Gasteiger partial charge in [-0.15, -0.1) is 24.8 Å². The second kappa shape index (κ2) is 7.69. The lowest BCUT2D eigenvalue weighted by atomic mass is 10.2. The van der Waals surface area contributed by atoms with Crippen LogP contribution in [-0.2, 0) is 13.0 Å². The van der Waals surface area contributed by atoms with Gasteiger partial charge in [0.15, 0.2) is 0 Å². The van der Waals surface area contributed by atoms with Crippen LogP contribution in [0.3, 0.4) is 0 Å². The quantitative estimate of drug-likeness (QED) is 0.907. The molecule has 0 amide bonds. The van der Waals surface area contributed by atoms with Crippen LogP contribution < -0.4 is 10.1 Å². The van der Waals surface area contributed by atoms with Gasteiger partial charge in [-0.1, -0.05) is 12.1 Å². The molecule has 0 fully saturated rings. The lowest BCUT2D eigenvalue weighted by molar-refractivity contribution is 0.243. The molecule has 116 valence electrons. The number of para-hydroxylation sites is 1. The molecule has 3 rings (SSSR count). The van der Waals surface area contributed by atoms with E-state index < -0.39 is 0 Å². The van der Waals surface area contributed by atoms with E-state index in [0.29, 0.717) is 0 Å². The predicted molar refractivity (Wildman–Crippen MR) is 89.7 cm³/mol. The third-order valence-corrected chi connectivity index (χ3v) is 3.21. The van der Waals surface area contributed by atoms with Gasteiger partial charge in [0.05, 0.1) is 23.1 Å². The number of rotatable bonds is 3. The molecule has 2 aromatic rings. The minimum atomic E-state index is 0. The number of ether oxygens (including phenoxy) is 1. The molecular weight excluding hydrogens is 309 g/mol. The molecule has 1 aliphatic rings. The molecule has 6 heteroatoms. The normalized spacial score (nSPS) is 13.1. The molecule has 1 aromatic carbocycles. The molecule has 1 aromatic heterocycles. The number of aromatic nitrogens is 2. The van der Waals surface area contributed by atoms with Crippen LogP contribution in [-0.4, -0.2) is 22.6 Å². The first-order valence-electron chi connectivity index (χ1n) is 6.78. The van der Waals surface area contributed by atoms with Gasteiger partial charge in [0, 0.05) is 19.5 Å². The molecule has 2 N–H and O–H groups in total. The van der Waals surface area contributed by atoms with Crippen LogP contribution in [0.15, 0.2) is 24.3 Å². The largest absolute Gasteiger partial charge is 0.490 e. The van der Waals surface area contributed by atoms with Gasteiger partial charge in [0.2, 0.25) is 0 Å². The van der Waals surface area contributed by atoms with E-state index in [0.717, 1.165) is 36.6 Å². The van der Waals surface area contributed by atoms with Crippen molar-refractivity contribution in [1.82, 2.24) is 15.3 Å². The Balaban J connectivity index is 0.00000110. The average Bonchev–Trinajstić information content (AvgIpc) is 2.82. The van der Waals surface area contributed by atoms with Crippen molar-refractivity contribution in [2.45, 2.75) is 32.9 Å². The van der Waals surface area contributed by atoms with Crippen LogP contribution in [0.25, 0.3) is 11.4 Å². The SMILES string of the molecule is CC(C)Oc1ccccc1-c1nc2c([nH]1)CNCC2.Cl.Cl. The Morgan fingerprint density at radius 1 is 1.19 bits per heavy atom. The molecule has 1 aliphatic heterocycles. The molecule has 0 unspecified atom stereocenters. The zero-order chi connectivity index (χ0) is 13.2. The van der Waals surface area contributed by atoms with Gasteiger partial charge >= 0.3 is 0 Å². The Kier molecular flexibility index (Phi) is 6.52. The van der Waals surface area contributed by atoms with Crippen LogP contribution in [0, 0.1) is 0 Å². The van der Waals surface area contributed by atoms with Crippen LogP contribution >= 0.6 is 24.8 Å². The van der Waals surface area contributed by atoms with Crippen molar-refractivity contribution in [2.75, 3.05) is 6.54 Å². The number of nitrogens with one attached hydrogen (secondary N) is 2. The molecule has 0 radical (unpaired) electrons. The maximum absolute atomic E-state index is 5.86. The highest BCUT2D eigenvalue weighted by Gasteiger charge is 2.17. The number of imidazole rings is 1. The number of halogens is 2. The van der Waals surface area contributed by atoms with Gasteiger partial charge < -0.3 is 15.0 Å². The molecule has 0 spiro atoms. The number of hydrogen-bond acceptors (Lipinski definition) is 3. The third kappa shape index (κ3) is 3.90. The molecule has 0 atom stereocenters. The molecule has 2 heterocycles. The fourth-order valence-corrected chi connectivity index (χ4v) is 2.37. The number of benzene rings is 1. The molecular formula is C15H21Cl2N3O. The maximum Gasteiger partial charge on any atom is 0.141 e. The summed E-state index contributed by atoms with van der Waals surface area (Å²) in [6.45, 7) is 5.94. The highest BCUT2D eigenvalue weighted by Crippen LogP contribution is 2.29. The molecule has 4 nitrogen and oxygen atoms in total. The fraction of sp³-hybridized carbons (Fsp3) is 0.400. The van der Waals surface area contributed by atoms with Gasteiger partial charge in [0.1, 0.15) is 11.6 Å². The number of aromatic amines is 1. The van der Waals surface area contributed by atoms with Crippen molar-refractivity contribution < 1.29 is 4.74 Å². The summed E-state index contributed by atoms with van der Waals surface area (Å²) < 4.78 is 5.86. The van der Waals surface area contributed by atoms with Crippen LogP contribution in [0.1, 0.15) is 25.2 Å². The van der Waals surface area contributed by atoms with E-state index in [4.69, 9.17) is 9.72 Å². The van der Waals surface area contributed by atoms with Crippen LogP contribution in [0.2, 0.25) is 0 Å². The standard InChI is InChI=1S/C15H19N3O.2ClH/c1-10(2)19-14-6-4-3-5-11(14)15-17-12-7-8-16-9-13(12)18-15;;/h3-6,10,16H,7-9H2,1-2H3,(H,17,18);2*1H. The van der Waals surface area contributed by atoms with Crippen molar-refractivity contribution in [1.29, 1.82) is 0 Å². The summed E-state index contributed by atoms with van der Waals surface area (Å²) in [5.74, 6) is 1.79. The molecule has 0 saturated heterocycles. The third-order valence-electron chi connectivity index (χ3n) is 3.21. The van der Waals surface area contributed by atoms with Crippen molar-refractivity contribution in [3.8, 4) is 17.1 Å².